The number of benzene rings is 8. The van der Waals surface area contributed by atoms with Gasteiger partial charge in [-0.25, -0.2) is 15.0 Å². The quantitative estimate of drug-likeness (QED) is 0.144. The molecule has 3 heteroatoms. The molecule has 0 saturated carbocycles. The largest absolute Gasteiger partial charge is 0.248 e. The van der Waals surface area contributed by atoms with Crippen molar-refractivity contribution < 1.29 is 0 Å². The molecule has 0 N–H and O–H groups in total. The summed E-state index contributed by atoms with van der Waals surface area (Å²) in [6, 6.07) is 73.2. The van der Waals surface area contributed by atoms with E-state index in [1.54, 1.807) is 0 Å². The fourth-order valence-corrected chi connectivity index (χ4v) is 8.69. The summed E-state index contributed by atoms with van der Waals surface area (Å²) in [7, 11) is 0. The number of hydrogen-bond acceptors (Lipinski definition) is 3. The minimum absolute atomic E-state index is 0.690. The van der Waals surface area contributed by atoms with Gasteiger partial charge in [0.25, 0.3) is 0 Å². The van der Waals surface area contributed by atoms with Crippen LogP contribution in [-0.2, 0) is 0 Å². The van der Waals surface area contributed by atoms with Gasteiger partial charge in [0, 0.05) is 22.1 Å². The predicted octanol–water partition coefficient (Wildman–Crippen LogP) is 15.6. The summed E-state index contributed by atoms with van der Waals surface area (Å²) < 4.78 is 0. The zero-order valence-electron chi connectivity index (χ0n) is 34.1. The van der Waals surface area contributed by atoms with E-state index in [0.29, 0.717) is 5.82 Å². The highest BCUT2D eigenvalue weighted by atomic mass is 14.9. The second-order valence-electron chi connectivity index (χ2n) is 15.9. The highest BCUT2D eigenvalue weighted by Gasteiger charge is 2.16. The Hall–Kier alpha value is -8.01. The zero-order chi connectivity index (χ0) is 41.2. The Kier molecular flexibility index (Phi) is 9.68. The Bertz CT molecular complexity index is 3210. The molecule has 0 amide bonds. The molecule has 292 valence electrons. The normalized spacial score (nSPS) is 12.4. The number of allylic oxidation sites excluding steroid dienone is 4. The van der Waals surface area contributed by atoms with Crippen molar-refractivity contribution in [2.24, 2.45) is 0 Å². The number of pyridine rings is 1. The van der Waals surface area contributed by atoms with Crippen LogP contribution in [0, 0.1) is 0 Å². The number of aromatic nitrogens is 3. The van der Waals surface area contributed by atoms with Crippen LogP contribution in [0.4, 0.5) is 0 Å². The van der Waals surface area contributed by atoms with Gasteiger partial charge in [0.05, 0.1) is 22.6 Å². The molecule has 0 spiro atoms. The molecule has 0 radical (unpaired) electrons. The molecule has 0 saturated heterocycles. The minimum atomic E-state index is 0.690. The molecular formula is C59H41N3. The van der Waals surface area contributed by atoms with Gasteiger partial charge in [0.1, 0.15) is 0 Å². The standard InChI is InChI=1S/C59H41N3/c1-4-14-40(15-5-1)48-21-12-23-50(36-48)57-39-56(61-59(62-57)51-24-13-22-49(37-51)41-16-6-2-7-17-41)47-32-28-43(29-33-47)42-26-30-45(31-27-42)53-38-55(46-19-8-3-9-20-46)60-54-35-34-44-18-10-11-25-52(44)58(53)54/h1-2,4-8,10-39H,3,9H2. The van der Waals surface area contributed by atoms with E-state index in [1.807, 2.05) is 6.07 Å². The number of fused-ring (bicyclic) bond motifs is 3. The van der Waals surface area contributed by atoms with Crippen LogP contribution in [-0.4, -0.2) is 15.0 Å². The molecule has 0 fully saturated rings. The topological polar surface area (TPSA) is 38.7 Å². The third-order valence-corrected chi connectivity index (χ3v) is 11.9. The van der Waals surface area contributed by atoms with Crippen molar-refractivity contribution >= 4 is 27.2 Å². The maximum absolute atomic E-state index is 5.23. The van der Waals surface area contributed by atoms with Gasteiger partial charge in [0.2, 0.25) is 0 Å². The lowest BCUT2D eigenvalue weighted by Gasteiger charge is -2.15. The van der Waals surface area contributed by atoms with E-state index in [9.17, 15) is 0 Å². The predicted molar refractivity (Wildman–Crippen MR) is 259 cm³/mol. The van der Waals surface area contributed by atoms with Gasteiger partial charge in [0.15, 0.2) is 5.82 Å². The van der Waals surface area contributed by atoms with Crippen LogP contribution in [0.5, 0.6) is 0 Å². The Morgan fingerprint density at radius 1 is 0.339 bits per heavy atom. The van der Waals surface area contributed by atoms with E-state index in [4.69, 9.17) is 15.0 Å². The average Bonchev–Trinajstić information content (AvgIpc) is 3.37. The summed E-state index contributed by atoms with van der Waals surface area (Å²) in [5.74, 6) is 0.690. The fourth-order valence-electron chi connectivity index (χ4n) is 8.69. The van der Waals surface area contributed by atoms with Gasteiger partial charge >= 0.3 is 0 Å². The first-order valence-corrected chi connectivity index (χ1v) is 21.3. The average molecular weight is 792 g/mol. The molecule has 0 aliphatic heterocycles. The van der Waals surface area contributed by atoms with E-state index in [0.717, 1.165) is 79.9 Å². The Morgan fingerprint density at radius 2 is 0.887 bits per heavy atom. The fraction of sp³-hybridized carbons (Fsp3) is 0.0339. The van der Waals surface area contributed by atoms with Crippen molar-refractivity contribution in [2.75, 3.05) is 0 Å². The summed E-state index contributed by atoms with van der Waals surface area (Å²) in [5.41, 5.74) is 17.3. The first-order chi connectivity index (χ1) is 30.7. The molecule has 0 bridgehead atoms. The van der Waals surface area contributed by atoms with Gasteiger partial charge < -0.3 is 0 Å². The zero-order valence-corrected chi connectivity index (χ0v) is 34.1. The smallest absolute Gasteiger partial charge is 0.160 e. The summed E-state index contributed by atoms with van der Waals surface area (Å²) in [6.45, 7) is 0. The highest BCUT2D eigenvalue weighted by molar-refractivity contribution is 6.13. The van der Waals surface area contributed by atoms with E-state index >= 15 is 0 Å². The van der Waals surface area contributed by atoms with Crippen molar-refractivity contribution in [3.8, 4) is 78.4 Å². The van der Waals surface area contributed by atoms with Gasteiger partial charge in [-0.2, -0.15) is 0 Å². The summed E-state index contributed by atoms with van der Waals surface area (Å²) in [5, 5.41) is 3.62. The minimum Gasteiger partial charge on any atom is -0.248 e. The molecule has 8 aromatic carbocycles. The Morgan fingerprint density at radius 3 is 1.56 bits per heavy atom. The highest BCUT2D eigenvalue weighted by Crippen LogP contribution is 2.38. The third kappa shape index (κ3) is 7.31. The first-order valence-electron chi connectivity index (χ1n) is 21.3. The van der Waals surface area contributed by atoms with E-state index in [2.05, 4.69) is 218 Å². The van der Waals surface area contributed by atoms with Gasteiger partial charge in [-0.15, -0.1) is 0 Å². The van der Waals surface area contributed by atoms with Crippen LogP contribution in [0.15, 0.2) is 224 Å². The summed E-state index contributed by atoms with van der Waals surface area (Å²) in [4.78, 5) is 15.6. The van der Waals surface area contributed by atoms with Crippen LogP contribution in [0.3, 0.4) is 0 Å². The lowest BCUT2D eigenvalue weighted by Crippen LogP contribution is -1.96. The van der Waals surface area contributed by atoms with Crippen molar-refractivity contribution in [3.05, 3.63) is 230 Å². The van der Waals surface area contributed by atoms with Crippen molar-refractivity contribution in [1.29, 1.82) is 0 Å². The Labute approximate surface area is 362 Å². The molecule has 2 aromatic heterocycles. The van der Waals surface area contributed by atoms with Crippen molar-refractivity contribution in [2.45, 2.75) is 12.8 Å². The third-order valence-electron chi connectivity index (χ3n) is 11.9. The molecule has 1 aliphatic rings. The van der Waals surface area contributed by atoms with Gasteiger partial charge in [-0.1, -0.05) is 194 Å². The molecular weight excluding hydrogens is 751 g/mol. The molecule has 1 aliphatic carbocycles. The van der Waals surface area contributed by atoms with Crippen LogP contribution in [0.25, 0.3) is 106 Å². The van der Waals surface area contributed by atoms with Gasteiger partial charge in [-0.05, 0) is 104 Å². The second-order valence-corrected chi connectivity index (χ2v) is 15.9. The van der Waals surface area contributed by atoms with Crippen molar-refractivity contribution in [3.63, 3.8) is 0 Å². The van der Waals surface area contributed by atoms with Crippen LogP contribution < -0.4 is 0 Å². The molecule has 3 nitrogen and oxygen atoms in total. The van der Waals surface area contributed by atoms with Crippen molar-refractivity contribution in [1.82, 2.24) is 15.0 Å². The van der Waals surface area contributed by atoms with Crippen LogP contribution in [0.1, 0.15) is 18.5 Å². The van der Waals surface area contributed by atoms with Crippen LogP contribution in [0.2, 0.25) is 0 Å². The van der Waals surface area contributed by atoms with E-state index < -0.39 is 0 Å². The molecule has 62 heavy (non-hydrogen) atoms. The maximum atomic E-state index is 5.23. The van der Waals surface area contributed by atoms with Crippen LogP contribution >= 0.6 is 0 Å². The lowest BCUT2D eigenvalue weighted by molar-refractivity contribution is 1.04. The molecule has 2 heterocycles. The van der Waals surface area contributed by atoms with Gasteiger partial charge in [-0.3, -0.25) is 0 Å². The molecule has 0 atom stereocenters. The molecule has 0 unspecified atom stereocenters. The summed E-state index contributed by atoms with van der Waals surface area (Å²) >= 11 is 0. The SMILES string of the molecule is C1=CC(c2cc(-c3ccc(-c4ccc(-c5cc(-c6cccc(-c7ccccc7)c6)nc(-c6cccc(-c7ccccc7)c6)n5)cc4)cc3)c3c(ccc4ccccc43)n2)=CCC1. The maximum Gasteiger partial charge on any atom is 0.160 e. The van der Waals surface area contributed by atoms with E-state index in [1.165, 1.54) is 38.4 Å². The molecule has 11 rings (SSSR count). The number of hydrogen-bond donors (Lipinski definition) is 0. The monoisotopic (exact) mass is 791 g/mol. The van der Waals surface area contributed by atoms with E-state index in [-0.39, 0.29) is 0 Å². The Balaban J connectivity index is 0.962. The first kappa shape index (κ1) is 37.0. The lowest BCUT2D eigenvalue weighted by atomic mass is 9.92. The summed E-state index contributed by atoms with van der Waals surface area (Å²) in [6.07, 6.45) is 8.88. The number of nitrogens with zero attached hydrogens (tertiary/aromatic N) is 3. The number of rotatable bonds is 8. The second kappa shape index (κ2) is 16.2. The molecule has 10 aromatic rings.